The molecule has 1 aromatic carbocycles. The molecule has 1 N–H and O–H groups in total. The molecular weight excluding hydrogens is 369 g/mol. The van der Waals surface area contributed by atoms with Gasteiger partial charge in [-0.25, -0.2) is 5.10 Å². The lowest BCUT2D eigenvalue weighted by atomic mass is 10.2. The van der Waals surface area contributed by atoms with Gasteiger partial charge in [0.1, 0.15) is 0 Å². The molecule has 11 heteroatoms. The summed E-state index contributed by atoms with van der Waals surface area (Å²) in [5, 5.41) is 9.13. The van der Waals surface area contributed by atoms with Crippen LogP contribution in [0.2, 0.25) is 5.02 Å². The zero-order valence-electron chi connectivity index (χ0n) is 12.5. The van der Waals surface area contributed by atoms with E-state index in [9.17, 15) is 13.2 Å². The highest BCUT2D eigenvalue weighted by molar-refractivity contribution is 7.71. The number of aromatic amines is 1. The minimum atomic E-state index is -4.70. The smallest absolute Gasteiger partial charge is 0.453 e. The zero-order chi connectivity index (χ0) is 17.9. The van der Waals surface area contributed by atoms with E-state index in [4.69, 9.17) is 33.3 Å². The van der Waals surface area contributed by atoms with Crippen molar-refractivity contribution in [2.45, 2.75) is 13.1 Å². The summed E-state index contributed by atoms with van der Waals surface area (Å²) in [6, 6.07) is 3.01. The molecule has 2 aromatic rings. The number of nitrogens with zero attached hydrogens (tertiary/aromatic N) is 3. The van der Waals surface area contributed by atoms with E-state index in [0.29, 0.717) is 28.3 Å². The van der Waals surface area contributed by atoms with Gasteiger partial charge in [0.05, 0.1) is 25.0 Å². The van der Waals surface area contributed by atoms with Gasteiger partial charge in [0, 0.05) is 0 Å². The molecule has 0 aliphatic carbocycles. The zero-order valence-corrected chi connectivity index (χ0v) is 14.1. The van der Waals surface area contributed by atoms with Crippen molar-refractivity contribution >= 4 is 30.0 Å². The number of alkyl halides is 3. The predicted molar refractivity (Wildman–Crippen MR) is 84.6 cm³/mol. The van der Waals surface area contributed by atoms with E-state index in [-0.39, 0.29) is 9.79 Å². The largest absolute Gasteiger partial charge is 0.493 e. The second kappa shape index (κ2) is 7.22. The topological polar surface area (TPSA) is 64.4 Å². The van der Waals surface area contributed by atoms with E-state index in [0.717, 1.165) is 6.21 Å². The van der Waals surface area contributed by atoms with Gasteiger partial charge in [0.2, 0.25) is 4.77 Å². The number of methoxy groups -OCH3 is 1. The Morgan fingerprint density at radius 1 is 1.46 bits per heavy atom. The van der Waals surface area contributed by atoms with E-state index in [1.54, 1.807) is 6.92 Å². The molecule has 6 nitrogen and oxygen atoms in total. The summed E-state index contributed by atoms with van der Waals surface area (Å²) in [5.41, 5.74) is 0.400. The van der Waals surface area contributed by atoms with Crippen molar-refractivity contribution in [3.8, 4) is 11.5 Å². The summed E-state index contributed by atoms with van der Waals surface area (Å²) in [5.74, 6) is -0.583. The maximum absolute atomic E-state index is 12.8. The van der Waals surface area contributed by atoms with Crippen molar-refractivity contribution in [3.05, 3.63) is 33.3 Å². The van der Waals surface area contributed by atoms with Crippen molar-refractivity contribution < 1.29 is 22.6 Å². The molecule has 0 aliphatic heterocycles. The lowest BCUT2D eigenvalue weighted by molar-refractivity contribution is -0.147. The van der Waals surface area contributed by atoms with Gasteiger partial charge in [-0.15, -0.1) is 5.10 Å². The Bertz CT molecular complexity index is 817. The summed E-state index contributed by atoms with van der Waals surface area (Å²) in [7, 11) is 1.42. The molecule has 2 rings (SSSR count). The highest BCUT2D eigenvalue weighted by Crippen LogP contribution is 2.36. The van der Waals surface area contributed by atoms with Gasteiger partial charge in [-0.1, -0.05) is 11.6 Å². The molecule has 0 atom stereocenters. The SMILES string of the molecule is CCOc1c(Cl)cc(/C=N\n2c(C(F)(F)F)n[nH]c2=S)cc1OC. The third kappa shape index (κ3) is 3.88. The Morgan fingerprint density at radius 2 is 2.17 bits per heavy atom. The Labute approximate surface area is 144 Å². The van der Waals surface area contributed by atoms with Gasteiger partial charge in [-0.2, -0.15) is 22.9 Å². The predicted octanol–water partition coefficient (Wildman–Crippen LogP) is 3.90. The summed E-state index contributed by atoms with van der Waals surface area (Å²) < 4.78 is 49.2. The maximum atomic E-state index is 12.8. The van der Waals surface area contributed by atoms with E-state index < -0.39 is 12.0 Å². The van der Waals surface area contributed by atoms with Crippen LogP contribution in [0, 0.1) is 4.77 Å². The van der Waals surface area contributed by atoms with E-state index in [1.807, 2.05) is 0 Å². The highest BCUT2D eigenvalue weighted by atomic mass is 35.5. The lowest BCUT2D eigenvalue weighted by Crippen LogP contribution is -2.12. The number of hydrogen-bond acceptors (Lipinski definition) is 5. The molecule has 0 aliphatic rings. The fourth-order valence-electron chi connectivity index (χ4n) is 1.81. The molecule has 0 bridgehead atoms. The quantitative estimate of drug-likeness (QED) is 0.631. The van der Waals surface area contributed by atoms with Gasteiger partial charge in [-0.05, 0) is 36.8 Å². The average molecular weight is 381 g/mol. The molecule has 0 fully saturated rings. The van der Waals surface area contributed by atoms with Crippen molar-refractivity contribution in [2.75, 3.05) is 13.7 Å². The van der Waals surface area contributed by atoms with Gasteiger partial charge < -0.3 is 9.47 Å². The van der Waals surface area contributed by atoms with Crippen LogP contribution in [0.4, 0.5) is 13.2 Å². The van der Waals surface area contributed by atoms with Gasteiger partial charge in [0.15, 0.2) is 11.5 Å². The van der Waals surface area contributed by atoms with Crippen LogP contribution in [-0.2, 0) is 6.18 Å². The normalized spacial score (nSPS) is 11.9. The summed E-state index contributed by atoms with van der Waals surface area (Å²) in [4.78, 5) is 0. The van der Waals surface area contributed by atoms with Crippen LogP contribution in [0.1, 0.15) is 18.3 Å². The number of benzene rings is 1. The standard InChI is InChI=1S/C13H12ClF3N4O2S/c1-3-23-10-8(14)4-7(5-9(10)22-2)6-18-21-11(13(15,16)17)19-20-12(21)24/h4-6H,3H2,1-2H3,(H,20,24)/b18-6-. The fraction of sp³-hybridized carbons (Fsp3) is 0.308. The number of rotatable bonds is 5. The van der Waals surface area contributed by atoms with Gasteiger partial charge in [0.25, 0.3) is 5.82 Å². The van der Waals surface area contributed by atoms with Crippen LogP contribution in [0.5, 0.6) is 11.5 Å². The summed E-state index contributed by atoms with van der Waals surface area (Å²) >= 11 is 10.8. The summed E-state index contributed by atoms with van der Waals surface area (Å²) in [6.07, 6.45) is -3.54. The first-order valence-corrected chi connectivity index (χ1v) is 7.35. The van der Waals surface area contributed by atoms with Crippen LogP contribution in [0.25, 0.3) is 0 Å². The molecule has 0 saturated carbocycles. The minimum Gasteiger partial charge on any atom is -0.493 e. The van der Waals surface area contributed by atoms with Crippen LogP contribution in [0.15, 0.2) is 17.2 Å². The Kier molecular flexibility index (Phi) is 5.50. The van der Waals surface area contributed by atoms with Crippen LogP contribution < -0.4 is 9.47 Å². The molecule has 1 heterocycles. The molecule has 130 valence electrons. The highest BCUT2D eigenvalue weighted by Gasteiger charge is 2.37. The molecule has 0 radical (unpaired) electrons. The number of aromatic nitrogens is 3. The van der Waals surface area contributed by atoms with Crippen molar-refractivity contribution in [3.63, 3.8) is 0 Å². The molecule has 1 aromatic heterocycles. The number of nitrogens with one attached hydrogen (secondary N) is 1. The lowest BCUT2D eigenvalue weighted by Gasteiger charge is -2.11. The van der Waals surface area contributed by atoms with E-state index >= 15 is 0 Å². The number of ether oxygens (including phenoxy) is 2. The number of H-pyrrole nitrogens is 1. The number of halogens is 4. The van der Waals surface area contributed by atoms with E-state index in [1.165, 1.54) is 19.2 Å². The van der Waals surface area contributed by atoms with Crippen molar-refractivity contribution in [2.24, 2.45) is 5.10 Å². The molecule has 24 heavy (non-hydrogen) atoms. The monoisotopic (exact) mass is 380 g/mol. The third-order valence-electron chi connectivity index (χ3n) is 2.77. The van der Waals surface area contributed by atoms with Crippen LogP contribution in [0.3, 0.4) is 0 Å². The second-order valence-corrected chi connectivity index (χ2v) is 5.17. The Balaban J connectivity index is 2.42. The maximum Gasteiger partial charge on any atom is 0.453 e. The van der Waals surface area contributed by atoms with Gasteiger partial charge >= 0.3 is 6.18 Å². The van der Waals surface area contributed by atoms with Crippen LogP contribution in [-0.4, -0.2) is 34.8 Å². The minimum absolute atomic E-state index is 0.240. The van der Waals surface area contributed by atoms with Crippen molar-refractivity contribution in [1.29, 1.82) is 0 Å². The van der Waals surface area contributed by atoms with Gasteiger partial charge in [-0.3, -0.25) is 0 Å². The average Bonchev–Trinajstić information content (AvgIpc) is 2.88. The fourth-order valence-corrected chi connectivity index (χ4v) is 2.26. The molecule has 0 spiro atoms. The van der Waals surface area contributed by atoms with Crippen LogP contribution >= 0.6 is 23.8 Å². The third-order valence-corrected chi connectivity index (χ3v) is 3.31. The molecule has 0 amide bonds. The van der Waals surface area contributed by atoms with Crippen molar-refractivity contribution in [1.82, 2.24) is 14.9 Å². The Hall–Kier alpha value is -2.07. The first-order valence-electron chi connectivity index (χ1n) is 6.57. The molecule has 0 unspecified atom stereocenters. The first-order chi connectivity index (χ1) is 11.3. The summed E-state index contributed by atoms with van der Waals surface area (Å²) in [6.45, 7) is 2.16. The first kappa shape index (κ1) is 18.3. The molecular formula is C13H12ClF3N4O2S. The van der Waals surface area contributed by atoms with E-state index in [2.05, 4.69) is 15.3 Å². The second-order valence-electron chi connectivity index (χ2n) is 4.37. The Morgan fingerprint density at radius 3 is 2.75 bits per heavy atom. The molecule has 0 saturated heterocycles. The number of hydrogen-bond donors (Lipinski definition) is 1.